The van der Waals surface area contributed by atoms with E-state index < -0.39 is 11.7 Å². The molecule has 0 spiro atoms. The number of carbonyl (C=O) groups is 1. The molecule has 0 atom stereocenters. The number of pyridine rings is 1. The fraction of sp³-hybridized carbons (Fsp3) is 0.333. The first-order valence-electron chi connectivity index (χ1n) is 8.21. The van der Waals surface area contributed by atoms with Gasteiger partial charge in [-0.1, -0.05) is 6.58 Å². The number of aromatic nitrogens is 3. The fourth-order valence-electron chi connectivity index (χ4n) is 2.12. The minimum atomic E-state index is -3.22. The SMILES string of the molecule is C=C(C)c1cc(Nc2cc(NC(C)=O)ncc2OCC)nc(C(C)(F)F)n1. The number of alkyl halides is 2. The summed E-state index contributed by atoms with van der Waals surface area (Å²) in [5.74, 6) is -3.34. The van der Waals surface area contributed by atoms with Gasteiger partial charge in [0.15, 0.2) is 5.75 Å². The molecule has 0 aliphatic rings. The topological polar surface area (TPSA) is 89.0 Å². The van der Waals surface area contributed by atoms with Crippen molar-refractivity contribution in [3.8, 4) is 5.75 Å². The average Bonchev–Trinajstić information content (AvgIpc) is 2.55. The first-order chi connectivity index (χ1) is 12.6. The molecule has 2 N–H and O–H groups in total. The summed E-state index contributed by atoms with van der Waals surface area (Å²) in [6.45, 7) is 9.65. The Balaban J connectivity index is 2.49. The van der Waals surface area contributed by atoms with E-state index in [1.54, 1.807) is 13.8 Å². The first-order valence-corrected chi connectivity index (χ1v) is 8.21. The van der Waals surface area contributed by atoms with Crippen molar-refractivity contribution in [2.24, 2.45) is 0 Å². The van der Waals surface area contributed by atoms with E-state index in [-0.39, 0.29) is 23.2 Å². The lowest BCUT2D eigenvalue weighted by Gasteiger charge is -2.16. The van der Waals surface area contributed by atoms with Crippen LogP contribution in [0.2, 0.25) is 0 Å². The Labute approximate surface area is 155 Å². The van der Waals surface area contributed by atoms with Crippen LogP contribution in [-0.4, -0.2) is 27.5 Å². The Bertz CT molecular complexity index is 865. The molecule has 1 amide bonds. The lowest BCUT2D eigenvalue weighted by Crippen LogP contribution is -2.15. The van der Waals surface area contributed by atoms with E-state index in [4.69, 9.17) is 4.74 Å². The van der Waals surface area contributed by atoms with Crippen LogP contribution < -0.4 is 15.4 Å². The molecular weight excluding hydrogens is 356 g/mol. The summed E-state index contributed by atoms with van der Waals surface area (Å²) < 4.78 is 33.0. The predicted octanol–water partition coefficient (Wildman–Crippen LogP) is 4.12. The highest BCUT2D eigenvalue weighted by atomic mass is 19.3. The number of ether oxygens (including phenoxy) is 1. The van der Waals surface area contributed by atoms with Crippen molar-refractivity contribution in [3.63, 3.8) is 0 Å². The molecular formula is C18H21F2N5O2. The van der Waals surface area contributed by atoms with Gasteiger partial charge in [-0.15, -0.1) is 0 Å². The molecule has 0 aliphatic heterocycles. The van der Waals surface area contributed by atoms with Crippen molar-refractivity contribution in [2.45, 2.75) is 33.6 Å². The zero-order chi connectivity index (χ0) is 20.2. The maximum Gasteiger partial charge on any atom is 0.303 e. The summed E-state index contributed by atoms with van der Waals surface area (Å²) in [5, 5.41) is 5.49. The van der Waals surface area contributed by atoms with E-state index in [2.05, 4.69) is 32.2 Å². The lowest BCUT2D eigenvalue weighted by molar-refractivity contribution is -0.114. The Morgan fingerprint density at radius 1 is 1.26 bits per heavy atom. The van der Waals surface area contributed by atoms with Crippen molar-refractivity contribution in [1.29, 1.82) is 0 Å². The van der Waals surface area contributed by atoms with Gasteiger partial charge in [-0.25, -0.2) is 15.0 Å². The molecule has 2 aromatic heterocycles. The molecule has 0 saturated heterocycles. The summed E-state index contributed by atoms with van der Waals surface area (Å²) in [4.78, 5) is 23.1. The molecule has 0 unspecified atom stereocenters. The number of halogens is 2. The second-order valence-corrected chi connectivity index (χ2v) is 5.94. The molecule has 144 valence electrons. The minimum Gasteiger partial charge on any atom is -0.490 e. The van der Waals surface area contributed by atoms with E-state index in [0.29, 0.717) is 23.6 Å². The number of nitrogens with zero attached hydrogens (tertiary/aromatic N) is 3. The van der Waals surface area contributed by atoms with E-state index in [9.17, 15) is 13.6 Å². The molecule has 0 aromatic carbocycles. The van der Waals surface area contributed by atoms with Crippen LogP contribution in [0.1, 0.15) is 39.2 Å². The van der Waals surface area contributed by atoms with Crippen LogP contribution in [0.3, 0.4) is 0 Å². The Kier molecular flexibility index (Phi) is 6.04. The summed E-state index contributed by atoms with van der Waals surface area (Å²) in [6.07, 6.45) is 1.42. The van der Waals surface area contributed by atoms with Crippen LogP contribution >= 0.6 is 0 Å². The van der Waals surface area contributed by atoms with Crippen LogP contribution in [0.25, 0.3) is 5.57 Å². The highest BCUT2D eigenvalue weighted by molar-refractivity contribution is 5.88. The first kappa shape index (κ1) is 20.2. The largest absolute Gasteiger partial charge is 0.490 e. The number of nitrogens with one attached hydrogen (secondary N) is 2. The molecule has 0 bridgehead atoms. The minimum absolute atomic E-state index is 0.139. The normalized spacial score (nSPS) is 11.0. The Morgan fingerprint density at radius 2 is 1.96 bits per heavy atom. The lowest BCUT2D eigenvalue weighted by atomic mass is 10.2. The van der Waals surface area contributed by atoms with Crippen molar-refractivity contribution in [1.82, 2.24) is 15.0 Å². The number of amides is 1. The molecule has 2 rings (SSSR count). The van der Waals surface area contributed by atoms with Gasteiger partial charge < -0.3 is 15.4 Å². The fourth-order valence-corrected chi connectivity index (χ4v) is 2.12. The van der Waals surface area contributed by atoms with Crippen LogP contribution in [0.4, 0.5) is 26.1 Å². The van der Waals surface area contributed by atoms with Crippen molar-refractivity contribution < 1.29 is 18.3 Å². The number of carbonyl (C=O) groups excluding carboxylic acids is 1. The van der Waals surface area contributed by atoms with Crippen LogP contribution in [0, 0.1) is 0 Å². The Hall–Kier alpha value is -3.10. The second-order valence-electron chi connectivity index (χ2n) is 5.94. The average molecular weight is 377 g/mol. The number of rotatable bonds is 7. The summed E-state index contributed by atoms with van der Waals surface area (Å²) in [5.41, 5.74) is 1.22. The Morgan fingerprint density at radius 3 is 2.52 bits per heavy atom. The quantitative estimate of drug-likeness (QED) is 0.755. The van der Waals surface area contributed by atoms with Gasteiger partial charge in [0.25, 0.3) is 0 Å². The highest BCUT2D eigenvalue weighted by Gasteiger charge is 2.29. The standard InChI is InChI=1S/C18H21F2N5O2/c1-6-27-14-9-21-15(22-11(4)26)8-13(14)23-16-7-12(10(2)3)24-17(25-16)18(5,19)20/h7-9H,2,6H2,1,3-5H3,(H2,21,22,23,24,25,26). The molecule has 27 heavy (non-hydrogen) atoms. The van der Waals surface area contributed by atoms with Crippen LogP contribution in [0.5, 0.6) is 5.75 Å². The third-order valence-electron chi connectivity index (χ3n) is 3.29. The van der Waals surface area contributed by atoms with E-state index in [0.717, 1.165) is 6.92 Å². The van der Waals surface area contributed by atoms with Crippen LogP contribution in [0.15, 0.2) is 24.9 Å². The van der Waals surface area contributed by atoms with Gasteiger partial charge in [0.05, 0.1) is 24.2 Å². The third-order valence-corrected chi connectivity index (χ3v) is 3.29. The zero-order valence-electron chi connectivity index (χ0n) is 15.6. The molecule has 0 fully saturated rings. The summed E-state index contributed by atoms with van der Waals surface area (Å²) in [6, 6.07) is 3.03. The van der Waals surface area contributed by atoms with E-state index in [1.165, 1.54) is 25.3 Å². The predicted molar refractivity (Wildman–Crippen MR) is 99.3 cm³/mol. The number of anilines is 3. The second kappa shape index (κ2) is 8.07. The van der Waals surface area contributed by atoms with Gasteiger partial charge in [-0.05, 0) is 19.4 Å². The number of hydrogen-bond donors (Lipinski definition) is 2. The van der Waals surface area contributed by atoms with Crippen LogP contribution in [-0.2, 0) is 10.7 Å². The maximum absolute atomic E-state index is 13.8. The highest BCUT2D eigenvalue weighted by Crippen LogP contribution is 2.31. The van der Waals surface area contributed by atoms with Gasteiger partial charge >= 0.3 is 5.92 Å². The molecule has 2 aromatic rings. The van der Waals surface area contributed by atoms with Gasteiger partial charge in [-0.3, -0.25) is 4.79 Å². The molecule has 7 nitrogen and oxygen atoms in total. The van der Waals surface area contributed by atoms with Crippen molar-refractivity contribution in [2.75, 3.05) is 17.2 Å². The van der Waals surface area contributed by atoms with Gasteiger partial charge in [0, 0.05) is 26.0 Å². The van der Waals surface area contributed by atoms with E-state index >= 15 is 0 Å². The monoisotopic (exact) mass is 377 g/mol. The summed E-state index contributed by atoms with van der Waals surface area (Å²) in [7, 11) is 0. The van der Waals surface area contributed by atoms with Gasteiger partial charge in [0.1, 0.15) is 11.6 Å². The van der Waals surface area contributed by atoms with Crippen molar-refractivity contribution >= 4 is 28.8 Å². The smallest absolute Gasteiger partial charge is 0.303 e. The number of allylic oxidation sites excluding steroid dienone is 1. The van der Waals surface area contributed by atoms with Gasteiger partial charge in [0.2, 0.25) is 11.7 Å². The van der Waals surface area contributed by atoms with Gasteiger partial charge in [-0.2, -0.15) is 8.78 Å². The number of hydrogen-bond acceptors (Lipinski definition) is 6. The molecule has 2 heterocycles. The molecule has 0 radical (unpaired) electrons. The molecule has 0 saturated carbocycles. The van der Waals surface area contributed by atoms with E-state index in [1.807, 2.05) is 0 Å². The molecule has 0 aliphatic carbocycles. The molecule has 9 heteroatoms. The maximum atomic E-state index is 13.8. The summed E-state index contributed by atoms with van der Waals surface area (Å²) >= 11 is 0. The third kappa shape index (κ3) is 5.44. The zero-order valence-corrected chi connectivity index (χ0v) is 15.6. The van der Waals surface area contributed by atoms with Crippen molar-refractivity contribution in [3.05, 3.63) is 36.4 Å².